The molecule has 1 heterocycles. The van der Waals surface area contributed by atoms with Crippen molar-refractivity contribution in [3.63, 3.8) is 0 Å². The van der Waals surface area contributed by atoms with Crippen LogP contribution in [0.5, 0.6) is 11.5 Å². The first-order valence-electron chi connectivity index (χ1n) is 8.24. The SMILES string of the molecule is COc1cc(Br)c(Br)c(C=Nc2ccc(N3CCCCC3)cc2)c1O. The van der Waals surface area contributed by atoms with Crippen LogP contribution in [0.2, 0.25) is 0 Å². The average Bonchev–Trinajstić information content (AvgIpc) is 2.66. The Morgan fingerprint density at radius 1 is 1.12 bits per heavy atom. The minimum absolute atomic E-state index is 0.0614. The number of methoxy groups -OCH3 is 1. The summed E-state index contributed by atoms with van der Waals surface area (Å²) >= 11 is 6.92. The maximum Gasteiger partial charge on any atom is 0.167 e. The van der Waals surface area contributed by atoms with Crippen molar-refractivity contribution < 1.29 is 9.84 Å². The van der Waals surface area contributed by atoms with Gasteiger partial charge in [-0.15, -0.1) is 0 Å². The van der Waals surface area contributed by atoms with Crippen molar-refractivity contribution in [3.05, 3.63) is 44.8 Å². The summed E-state index contributed by atoms with van der Waals surface area (Å²) in [5, 5.41) is 10.3. The molecule has 0 saturated carbocycles. The first-order valence-corrected chi connectivity index (χ1v) is 9.83. The highest BCUT2D eigenvalue weighted by Crippen LogP contribution is 2.39. The zero-order chi connectivity index (χ0) is 17.8. The molecule has 132 valence electrons. The Morgan fingerprint density at radius 3 is 2.44 bits per heavy atom. The topological polar surface area (TPSA) is 45.1 Å². The summed E-state index contributed by atoms with van der Waals surface area (Å²) in [5.74, 6) is 0.461. The minimum atomic E-state index is 0.0614. The van der Waals surface area contributed by atoms with E-state index in [4.69, 9.17) is 4.74 Å². The number of aromatic hydroxyl groups is 1. The highest BCUT2D eigenvalue weighted by atomic mass is 79.9. The first-order chi connectivity index (χ1) is 12.1. The number of hydrogen-bond acceptors (Lipinski definition) is 4. The number of aliphatic imine (C=N–C) groups is 1. The predicted molar refractivity (Wildman–Crippen MR) is 110 cm³/mol. The summed E-state index contributed by atoms with van der Waals surface area (Å²) < 4.78 is 6.72. The second kappa shape index (κ2) is 8.23. The molecule has 6 heteroatoms. The van der Waals surface area contributed by atoms with Gasteiger partial charge in [0, 0.05) is 33.9 Å². The van der Waals surface area contributed by atoms with E-state index in [-0.39, 0.29) is 5.75 Å². The van der Waals surface area contributed by atoms with E-state index in [1.165, 1.54) is 32.1 Å². The number of benzene rings is 2. The number of phenolic OH excluding ortho intramolecular Hbond substituents is 1. The minimum Gasteiger partial charge on any atom is -0.504 e. The summed E-state index contributed by atoms with van der Waals surface area (Å²) in [6, 6.07) is 9.92. The number of hydrogen-bond donors (Lipinski definition) is 1. The van der Waals surface area contributed by atoms with Crippen LogP contribution in [0.25, 0.3) is 0 Å². The van der Waals surface area contributed by atoms with Gasteiger partial charge in [-0.1, -0.05) is 0 Å². The summed E-state index contributed by atoms with van der Waals surface area (Å²) in [7, 11) is 1.52. The van der Waals surface area contributed by atoms with Crippen molar-refractivity contribution >= 4 is 49.4 Å². The second-order valence-corrected chi connectivity index (χ2v) is 7.61. The van der Waals surface area contributed by atoms with Crippen LogP contribution < -0.4 is 9.64 Å². The predicted octanol–water partition coefficient (Wildman–Crippen LogP) is 5.67. The van der Waals surface area contributed by atoms with Gasteiger partial charge in [0.25, 0.3) is 0 Å². The molecule has 2 aromatic carbocycles. The van der Waals surface area contributed by atoms with Gasteiger partial charge in [0.2, 0.25) is 0 Å². The van der Waals surface area contributed by atoms with Crippen LogP contribution in [0.1, 0.15) is 24.8 Å². The highest BCUT2D eigenvalue weighted by Gasteiger charge is 2.14. The molecule has 2 aromatic rings. The van der Waals surface area contributed by atoms with Crippen LogP contribution in [0.15, 0.2) is 44.3 Å². The summed E-state index contributed by atoms with van der Waals surface area (Å²) in [4.78, 5) is 6.91. The fourth-order valence-electron chi connectivity index (χ4n) is 2.93. The summed E-state index contributed by atoms with van der Waals surface area (Å²) in [5.41, 5.74) is 2.66. The number of ether oxygens (including phenoxy) is 1. The van der Waals surface area contributed by atoms with Gasteiger partial charge < -0.3 is 14.7 Å². The third kappa shape index (κ3) is 4.18. The fraction of sp³-hybridized carbons (Fsp3) is 0.316. The van der Waals surface area contributed by atoms with Gasteiger partial charge in [0.1, 0.15) is 0 Å². The molecule has 1 N–H and O–H groups in total. The Morgan fingerprint density at radius 2 is 1.80 bits per heavy atom. The quantitative estimate of drug-likeness (QED) is 0.589. The molecule has 1 aliphatic rings. The maximum atomic E-state index is 10.3. The monoisotopic (exact) mass is 466 g/mol. The molecule has 0 spiro atoms. The first kappa shape index (κ1) is 18.3. The molecule has 25 heavy (non-hydrogen) atoms. The van der Waals surface area contributed by atoms with Crippen LogP contribution >= 0.6 is 31.9 Å². The lowest BCUT2D eigenvalue weighted by atomic mass is 10.1. The fourth-order valence-corrected chi connectivity index (χ4v) is 3.75. The third-order valence-electron chi connectivity index (χ3n) is 4.33. The van der Waals surface area contributed by atoms with E-state index >= 15 is 0 Å². The number of piperidine rings is 1. The average molecular weight is 468 g/mol. The van der Waals surface area contributed by atoms with Gasteiger partial charge in [-0.05, 0) is 81.5 Å². The van der Waals surface area contributed by atoms with Gasteiger partial charge in [-0.2, -0.15) is 0 Å². The Labute approximate surface area is 164 Å². The lowest BCUT2D eigenvalue weighted by Crippen LogP contribution is -2.29. The molecule has 0 unspecified atom stereocenters. The molecule has 0 aromatic heterocycles. The molecule has 0 atom stereocenters. The number of phenols is 1. The van der Waals surface area contributed by atoms with Crippen LogP contribution in [0.3, 0.4) is 0 Å². The Balaban J connectivity index is 1.81. The molecule has 0 bridgehead atoms. The molecule has 3 rings (SSSR count). The normalized spacial score (nSPS) is 14.9. The van der Waals surface area contributed by atoms with Crippen LogP contribution in [0.4, 0.5) is 11.4 Å². The zero-order valence-corrected chi connectivity index (χ0v) is 17.2. The number of rotatable bonds is 4. The maximum absolute atomic E-state index is 10.3. The molecule has 0 radical (unpaired) electrons. The van der Waals surface area contributed by atoms with E-state index < -0.39 is 0 Å². The Kier molecular flexibility index (Phi) is 6.02. The zero-order valence-electron chi connectivity index (χ0n) is 14.0. The van der Waals surface area contributed by atoms with E-state index in [0.29, 0.717) is 11.3 Å². The number of anilines is 1. The van der Waals surface area contributed by atoms with E-state index in [2.05, 4.69) is 53.9 Å². The van der Waals surface area contributed by atoms with Crippen molar-refractivity contribution in [2.24, 2.45) is 4.99 Å². The van der Waals surface area contributed by atoms with Crippen molar-refractivity contribution in [1.82, 2.24) is 0 Å². The van der Waals surface area contributed by atoms with E-state index in [1.54, 1.807) is 12.3 Å². The van der Waals surface area contributed by atoms with Gasteiger partial charge in [-0.3, -0.25) is 4.99 Å². The number of nitrogens with zero attached hydrogens (tertiary/aromatic N) is 2. The second-order valence-electron chi connectivity index (χ2n) is 5.96. The molecule has 1 aliphatic heterocycles. The molecular formula is C19H20Br2N2O2. The van der Waals surface area contributed by atoms with Gasteiger partial charge >= 0.3 is 0 Å². The smallest absolute Gasteiger partial charge is 0.167 e. The van der Waals surface area contributed by atoms with Crippen molar-refractivity contribution in [2.75, 3.05) is 25.1 Å². The standard InChI is InChI=1S/C19H20Br2N2O2/c1-25-17-11-16(20)18(21)15(19(17)24)12-22-13-5-7-14(8-6-13)23-9-3-2-4-10-23/h5-8,11-12,24H,2-4,9-10H2,1H3. The van der Waals surface area contributed by atoms with Gasteiger partial charge in [0.15, 0.2) is 11.5 Å². The van der Waals surface area contributed by atoms with E-state index in [0.717, 1.165) is 27.7 Å². The highest BCUT2D eigenvalue weighted by molar-refractivity contribution is 9.13. The Hall–Kier alpha value is -1.53. The van der Waals surface area contributed by atoms with Gasteiger partial charge in [-0.25, -0.2) is 0 Å². The van der Waals surface area contributed by atoms with Crippen molar-refractivity contribution in [1.29, 1.82) is 0 Å². The molecule has 4 nitrogen and oxygen atoms in total. The lowest BCUT2D eigenvalue weighted by molar-refractivity contribution is 0.372. The molecule has 1 saturated heterocycles. The number of halogens is 2. The van der Waals surface area contributed by atoms with Crippen molar-refractivity contribution in [2.45, 2.75) is 19.3 Å². The molecular weight excluding hydrogens is 448 g/mol. The summed E-state index contributed by atoms with van der Waals surface area (Å²) in [6.07, 6.45) is 5.49. The molecule has 0 amide bonds. The van der Waals surface area contributed by atoms with Gasteiger partial charge in [0.05, 0.1) is 18.4 Å². The lowest BCUT2D eigenvalue weighted by Gasteiger charge is -2.28. The summed E-state index contributed by atoms with van der Waals surface area (Å²) in [6.45, 7) is 2.25. The van der Waals surface area contributed by atoms with Crippen molar-refractivity contribution in [3.8, 4) is 11.5 Å². The van der Waals surface area contributed by atoms with Crippen LogP contribution in [-0.2, 0) is 0 Å². The third-order valence-corrected chi connectivity index (χ3v) is 6.34. The molecule has 0 aliphatic carbocycles. The van der Waals surface area contributed by atoms with E-state index in [9.17, 15) is 5.11 Å². The Bertz CT molecular complexity index is 770. The van der Waals surface area contributed by atoms with Crippen LogP contribution in [-0.4, -0.2) is 31.5 Å². The molecule has 1 fully saturated rings. The van der Waals surface area contributed by atoms with Crippen LogP contribution in [0, 0.1) is 0 Å². The van der Waals surface area contributed by atoms with E-state index in [1.807, 2.05) is 12.1 Å². The largest absolute Gasteiger partial charge is 0.504 e.